The van der Waals surface area contributed by atoms with Crippen LogP contribution in [0, 0.1) is 13.8 Å². The summed E-state index contributed by atoms with van der Waals surface area (Å²) in [5, 5.41) is 8.15. The van der Waals surface area contributed by atoms with E-state index in [1.807, 2.05) is 26.0 Å². The summed E-state index contributed by atoms with van der Waals surface area (Å²) >= 11 is 12.0. The number of anilines is 1. The number of hydrogen-bond donors (Lipinski definition) is 2. The lowest BCUT2D eigenvalue weighted by atomic mass is 10.1. The van der Waals surface area contributed by atoms with Gasteiger partial charge in [0.05, 0.1) is 28.4 Å². The van der Waals surface area contributed by atoms with Crippen molar-refractivity contribution in [1.82, 2.24) is 9.78 Å². The second kappa shape index (κ2) is 8.04. The van der Waals surface area contributed by atoms with E-state index in [1.54, 1.807) is 22.9 Å². The SMILES string of the molecule is Cc1nn(-c2ccc(Cl)cc2)c(C)c1CC(=O)Nc1ccc(C(N)=O)c(Cl)c1. The number of halogens is 2. The number of carbonyl (C=O) groups is 2. The number of nitrogens with zero attached hydrogens (tertiary/aromatic N) is 2. The Hall–Kier alpha value is -2.83. The molecule has 0 aliphatic rings. The standard InChI is InChI=1S/C20H18Cl2N4O2/c1-11-17(12(2)26(25-11)15-6-3-13(21)4-7-15)10-19(27)24-14-5-8-16(20(23)28)18(22)9-14/h3-9H,10H2,1-2H3,(H2,23,28)(H,24,27). The minimum Gasteiger partial charge on any atom is -0.366 e. The lowest BCUT2D eigenvalue weighted by Crippen LogP contribution is -2.16. The van der Waals surface area contributed by atoms with Gasteiger partial charge in [0.2, 0.25) is 11.8 Å². The first-order valence-corrected chi connectivity index (χ1v) is 9.22. The van der Waals surface area contributed by atoms with Crippen LogP contribution in [0.2, 0.25) is 10.0 Å². The minimum absolute atomic E-state index is 0.153. The van der Waals surface area contributed by atoms with Gasteiger partial charge in [-0.1, -0.05) is 23.2 Å². The van der Waals surface area contributed by atoms with Crippen molar-refractivity contribution in [2.75, 3.05) is 5.32 Å². The van der Waals surface area contributed by atoms with Crippen molar-refractivity contribution in [3.8, 4) is 5.69 Å². The van der Waals surface area contributed by atoms with E-state index in [-0.39, 0.29) is 22.9 Å². The van der Waals surface area contributed by atoms with Crippen LogP contribution in [-0.4, -0.2) is 21.6 Å². The molecule has 6 nitrogen and oxygen atoms in total. The maximum absolute atomic E-state index is 12.5. The van der Waals surface area contributed by atoms with Crippen molar-refractivity contribution >= 4 is 40.7 Å². The fourth-order valence-electron chi connectivity index (χ4n) is 2.92. The van der Waals surface area contributed by atoms with Gasteiger partial charge in [-0.3, -0.25) is 9.59 Å². The van der Waals surface area contributed by atoms with E-state index in [4.69, 9.17) is 28.9 Å². The predicted octanol–water partition coefficient (Wildman–Crippen LogP) is 4.08. The molecule has 0 atom stereocenters. The molecule has 1 heterocycles. The number of aryl methyl sites for hydroxylation is 1. The summed E-state index contributed by atoms with van der Waals surface area (Å²) < 4.78 is 1.78. The molecule has 0 spiro atoms. The van der Waals surface area contributed by atoms with Crippen LogP contribution in [0.4, 0.5) is 5.69 Å². The highest BCUT2D eigenvalue weighted by atomic mass is 35.5. The van der Waals surface area contributed by atoms with Gasteiger partial charge in [0.15, 0.2) is 0 Å². The molecule has 0 bridgehead atoms. The van der Waals surface area contributed by atoms with Crippen LogP contribution < -0.4 is 11.1 Å². The zero-order chi connectivity index (χ0) is 20.4. The first-order valence-electron chi connectivity index (χ1n) is 8.46. The van der Waals surface area contributed by atoms with Crippen LogP contribution in [0.25, 0.3) is 5.69 Å². The number of primary amides is 1. The molecule has 8 heteroatoms. The molecule has 0 saturated carbocycles. The molecule has 0 aliphatic carbocycles. The molecule has 3 rings (SSSR count). The fraction of sp³-hybridized carbons (Fsp3) is 0.150. The molecule has 0 fully saturated rings. The van der Waals surface area contributed by atoms with Crippen molar-refractivity contribution in [3.63, 3.8) is 0 Å². The normalized spacial score (nSPS) is 10.7. The number of rotatable bonds is 5. The minimum atomic E-state index is -0.622. The van der Waals surface area contributed by atoms with E-state index in [2.05, 4.69) is 10.4 Å². The van der Waals surface area contributed by atoms with Gasteiger partial charge in [0.1, 0.15) is 0 Å². The predicted molar refractivity (Wildman–Crippen MR) is 110 cm³/mol. The number of benzene rings is 2. The molecule has 0 radical (unpaired) electrons. The van der Waals surface area contributed by atoms with Gasteiger partial charge in [0.25, 0.3) is 0 Å². The third-order valence-electron chi connectivity index (χ3n) is 4.37. The van der Waals surface area contributed by atoms with Gasteiger partial charge >= 0.3 is 0 Å². The number of hydrogen-bond acceptors (Lipinski definition) is 3. The van der Waals surface area contributed by atoms with E-state index in [9.17, 15) is 9.59 Å². The molecular weight excluding hydrogens is 399 g/mol. The highest BCUT2D eigenvalue weighted by Crippen LogP contribution is 2.23. The molecule has 144 valence electrons. The number of aromatic nitrogens is 2. The van der Waals surface area contributed by atoms with E-state index >= 15 is 0 Å². The molecule has 28 heavy (non-hydrogen) atoms. The van der Waals surface area contributed by atoms with Gasteiger partial charge in [-0.05, 0) is 56.3 Å². The third kappa shape index (κ3) is 4.18. The Morgan fingerprint density at radius 1 is 1.11 bits per heavy atom. The first kappa shape index (κ1) is 19.9. The summed E-state index contributed by atoms with van der Waals surface area (Å²) in [5.41, 5.74) is 9.27. The van der Waals surface area contributed by atoms with E-state index in [0.29, 0.717) is 10.7 Å². The van der Waals surface area contributed by atoms with E-state index in [0.717, 1.165) is 22.6 Å². The maximum Gasteiger partial charge on any atom is 0.250 e. The smallest absolute Gasteiger partial charge is 0.250 e. The van der Waals surface area contributed by atoms with Crippen LogP contribution >= 0.6 is 23.2 Å². The van der Waals surface area contributed by atoms with Gasteiger partial charge in [-0.15, -0.1) is 0 Å². The summed E-state index contributed by atoms with van der Waals surface area (Å²) in [6.45, 7) is 3.77. The molecule has 3 aromatic rings. The van der Waals surface area contributed by atoms with Crippen molar-refractivity contribution in [1.29, 1.82) is 0 Å². The summed E-state index contributed by atoms with van der Waals surface area (Å²) in [7, 11) is 0. The molecule has 0 aliphatic heterocycles. The molecule has 0 saturated heterocycles. The molecular formula is C20H18Cl2N4O2. The second-order valence-electron chi connectivity index (χ2n) is 6.32. The van der Waals surface area contributed by atoms with E-state index in [1.165, 1.54) is 12.1 Å². The van der Waals surface area contributed by atoms with Gasteiger partial charge in [0, 0.05) is 22.0 Å². The molecule has 1 aromatic heterocycles. The highest BCUT2D eigenvalue weighted by molar-refractivity contribution is 6.34. The Balaban J connectivity index is 1.78. The summed E-state index contributed by atoms with van der Waals surface area (Å²) in [6, 6.07) is 11.9. The quantitative estimate of drug-likeness (QED) is 0.656. The van der Waals surface area contributed by atoms with Crippen molar-refractivity contribution in [2.24, 2.45) is 5.73 Å². The van der Waals surface area contributed by atoms with Crippen molar-refractivity contribution < 1.29 is 9.59 Å². The molecule has 2 amide bonds. The molecule has 2 aromatic carbocycles. The second-order valence-corrected chi connectivity index (χ2v) is 7.17. The van der Waals surface area contributed by atoms with Crippen LogP contribution in [0.15, 0.2) is 42.5 Å². The largest absolute Gasteiger partial charge is 0.366 e. The Bertz CT molecular complexity index is 1060. The van der Waals surface area contributed by atoms with Gasteiger partial charge < -0.3 is 11.1 Å². The van der Waals surface area contributed by atoms with Gasteiger partial charge in [-0.2, -0.15) is 5.10 Å². The average molecular weight is 417 g/mol. The Kier molecular flexibility index (Phi) is 5.72. The van der Waals surface area contributed by atoms with Crippen LogP contribution in [0.1, 0.15) is 27.3 Å². The van der Waals surface area contributed by atoms with Crippen LogP contribution in [0.5, 0.6) is 0 Å². The number of nitrogens with two attached hydrogens (primary N) is 1. The fourth-order valence-corrected chi connectivity index (χ4v) is 3.32. The number of nitrogens with one attached hydrogen (secondary N) is 1. The Morgan fingerprint density at radius 3 is 2.39 bits per heavy atom. The lowest BCUT2D eigenvalue weighted by Gasteiger charge is -2.08. The zero-order valence-corrected chi connectivity index (χ0v) is 16.8. The average Bonchev–Trinajstić information content (AvgIpc) is 2.90. The van der Waals surface area contributed by atoms with Crippen LogP contribution in [0.3, 0.4) is 0 Å². The lowest BCUT2D eigenvalue weighted by molar-refractivity contribution is -0.115. The number of amides is 2. The topological polar surface area (TPSA) is 90.0 Å². The molecule has 3 N–H and O–H groups in total. The third-order valence-corrected chi connectivity index (χ3v) is 4.93. The monoisotopic (exact) mass is 416 g/mol. The van der Waals surface area contributed by atoms with E-state index < -0.39 is 5.91 Å². The Labute approximate surface area is 172 Å². The first-order chi connectivity index (χ1) is 13.3. The van der Waals surface area contributed by atoms with Crippen molar-refractivity contribution in [2.45, 2.75) is 20.3 Å². The van der Waals surface area contributed by atoms with Gasteiger partial charge in [-0.25, -0.2) is 4.68 Å². The summed E-state index contributed by atoms with van der Waals surface area (Å²) in [6.07, 6.45) is 0.153. The number of carbonyl (C=O) groups excluding carboxylic acids is 2. The Morgan fingerprint density at radius 2 is 1.79 bits per heavy atom. The maximum atomic E-state index is 12.5. The van der Waals surface area contributed by atoms with Crippen LogP contribution in [-0.2, 0) is 11.2 Å². The highest BCUT2D eigenvalue weighted by Gasteiger charge is 2.17. The summed E-state index contributed by atoms with van der Waals surface area (Å²) in [5.74, 6) is -0.839. The molecule has 0 unspecified atom stereocenters. The zero-order valence-electron chi connectivity index (χ0n) is 15.3. The van der Waals surface area contributed by atoms with Crippen molar-refractivity contribution in [3.05, 3.63) is 75.0 Å². The summed E-state index contributed by atoms with van der Waals surface area (Å²) in [4.78, 5) is 23.7.